The Morgan fingerprint density at radius 2 is 2.16 bits per heavy atom. The molecule has 0 radical (unpaired) electrons. The van der Waals surface area contributed by atoms with Gasteiger partial charge in [0.1, 0.15) is 11.3 Å². The number of piperazine rings is 1. The van der Waals surface area contributed by atoms with Gasteiger partial charge in [-0.3, -0.25) is 4.90 Å². The summed E-state index contributed by atoms with van der Waals surface area (Å²) in [5.74, 6) is -0.400. The van der Waals surface area contributed by atoms with Crippen LogP contribution in [-0.4, -0.2) is 53.2 Å². The molecule has 1 aliphatic rings. The maximum Gasteiger partial charge on any atom is 0.341 e. The van der Waals surface area contributed by atoms with E-state index in [1.807, 2.05) is 36.4 Å². The van der Waals surface area contributed by atoms with Crippen molar-refractivity contribution in [1.29, 1.82) is 0 Å². The summed E-state index contributed by atoms with van der Waals surface area (Å²) in [6.07, 6.45) is 3.34. The summed E-state index contributed by atoms with van der Waals surface area (Å²) in [5, 5.41) is 9.47. The molecule has 1 fully saturated rings. The van der Waals surface area contributed by atoms with Gasteiger partial charge in [0.15, 0.2) is 12.2 Å². The lowest BCUT2D eigenvalue weighted by Gasteiger charge is -2.41. The Morgan fingerprint density at radius 1 is 1.28 bits per heavy atom. The van der Waals surface area contributed by atoms with E-state index in [0.29, 0.717) is 28.4 Å². The van der Waals surface area contributed by atoms with Gasteiger partial charge in [-0.2, -0.15) is 4.98 Å². The molecule has 0 saturated carbocycles. The summed E-state index contributed by atoms with van der Waals surface area (Å²) in [5.41, 5.74) is 2.63. The molecule has 0 unspecified atom stereocenters. The van der Waals surface area contributed by atoms with Crippen LogP contribution in [0.15, 0.2) is 46.9 Å². The Bertz CT molecular complexity index is 1070. The highest BCUT2D eigenvalue weighted by Gasteiger charge is 2.30. The number of nitrogens with zero attached hydrogens (tertiary/aromatic N) is 3. The van der Waals surface area contributed by atoms with Crippen LogP contribution in [0.4, 0.5) is 6.01 Å². The number of carboxylic acid groups (broad SMARTS) is 1. The van der Waals surface area contributed by atoms with Crippen molar-refractivity contribution in [3.05, 3.63) is 53.1 Å². The lowest BCUT2D eigenvalue weighted by atomic mass is 10.0. The van der Waals surface area contributed by atoms with Crippen molar-refractivity contribution in [2.45, 2.75) is 38.8 Å². The van der Waals surface area contributed by atoms with E-state index in [1.54, 1.807) is 6.07 Å². The SMILES string of the molecule is CCCC[C@@H]1CN(Cc2cccc(OCC(=O)O)c2)CCN1c1nc2ccc(Cl)cc2o1. The molecule has 4 rings (SSSR count). The zero-order valence-electron chi connectivity index (χ0n) is 18.2. The number of aliphatic carboxylic acids is 1. The fraction of sp³-hybridized carbons (Fsp3) is 0.417. The van der Waals surface area contributed by atoms with Crippen molar-refractivity contribution >= 4 is 34.7 Å². The van der Waals surface area contributed by atoms with Crippen molar-refractivity contribution in [3.8, 4) is 5.75 Å². The Labute approximate surface area is 192 Å². The summed E-state index contributed by atoms with van der Waals surface area (Å²) in [7, 11) is 0. The van der Waals surface area contributed by atoms with Crippen LogP contribution in [0.25, 0.3) is 11.1 Å². The maximum absolute atomic E-state index is 10.8. The Morgan fingerprint density at radius 3 is 2.97 bits per heavy atom. The number of fused-ring (bicyclic) bond motifs is 1. The number of halogens is 1. The minimum Gasteiger partial charge on any atom is -0.482 e. The molecule has 2 heterocycles. The Balaban J connectivity index is 1.46. The summed E-state index contributed by atoms with van der Waals surface area (Å²) in [6.45, 7) is 5.25. The number of benzene rings is 2. The third kappa shape index (κ3) is 5.53. The minimum atomic E-state index is -0.980. The first-order valence-corrected chi connectivity index (χ1v) is 11.4. The number of hydrogen-bond donors (Lipinski definition) is 1. The van der Waals surface area contributed by atoms with Crippen LogP contribution >= 0.6 is 11.6 Å². The number of rotatable bonds is 9. The van der Waals surface area contributed by atoms with Gasteiger partial charge >= 0.3 is 5.97 Å². The first-order valence-electron chi connectivity index (χ1n) is 11.0. The Hall–Kier alpha value is -2.77. The van der Waals surface area contributed by atoms with E-state index in [0.717, 1.165) is 56.5 Å². The third-order valence-corrected chi connectivity index (χ3v) is 5.94. The van der Waals surface area contributed by atoms with E-state index < -0.39 is 5.97 Å². The standard InChI is InChI=1S/C24H28ClN3O4/c1-2-3-6-19-15-27(14-17-5-4-7-20(12-17)31-16-23(29)30)10-11-28(19)24-26-21-9-8-18(25)13-22(21)32-24/h4-5,7-9,12-13,19H,2-3,6,10-11,14-16H2,1H3,(H,29,30)/t19-/m1/s1. The van der Waals surface area contributed by atoms with Crippen LogP contribution < -0.4 is 9.64 Å². The average Bonchev–Trinajstić information content (AvgIpc) is 3.19. The number of carboxylic acids is 1. The number of oxazole rings is 1. The molecule has 3 aromatic rings. The lowest BCUT2D eigenvalue weighted by Crippen LogP contribution is -2.53. The lowest BCUT2D eigenvalue weighted by molar-refractivity contribution is -0.139. The third-order valence-electron chi connectivity index (χ3n) is 5.71. The van der Waals surface area contributed by atoms with Crippen LogP contribution in [0.5, 0.6) is 5.75 Å². The molecule has 1 saturated heterocycles. The van der Waals surface area contributed by atoms with Gasteiger partial charge in [-0.15, -0.1) is 0 Å². The molecule has 2 aromatic carbocycles. The molecule has 7 nitrogen and oxygen atoms in total. The molecular formula is C24H28ClN3O4. The zero-order valence-corrected chi connectivity index (χ0v) is 18.9. The Kier molecular flexibility index (Phi) is 7.17. The molecule has 1 N–H and O–H groups in total. The second kappa shape index (κ2) is 10.2. The highest BCUT2D eigenvalue weighted by Crippen LogP contribution is 2.29. The molecule has 0 aliphatic carbocycles. The van der Waals surface area contributed by atoms with Crippen molar-refractivity contribution in [2.75, 3.05) is 31.1 Å². The molecule has 8 heteroatoms. The fourth-order valence-corrected chi connectivity index (χ4v) is 4.31. The van der Waals surface area contributed by atoms with E-state index in [2.05, 4.69) is 16.7 Å². The van der Waals surface area contributed by atoms with Gasteiger partial charge in [-0.05, 0) is 36.2 Å². The number of ether oxygens (including phenoxy) is 1. The van der Waals surface area contributed by atoms with Crippen molar-refractivity contribution in [3.63, 3.8) is 0 Å². The van der Waals surface area contributed by atoms with E-state index >= 15 is 0 Å². The van der Waals surface area contributed by atoms with Crippen LogP contribution in [0.1, 0.15) is 31.7 Å². The number of carbonyl (C=O) groups is 1. The van der Waals surface area contributed by atoms with Crippen molar-refractivity contribution < 1.29 is 19.1 Å². The van der Waals surface area contributed by atoms with Gasteiger partial charge in [0.05, 0.1) is 0 Å². The van der Waals surface area contributed by atoms with E-state index in [1.165, 1.54) is 0 Å². The van der Waals surface area contributed by atoms with E-state index in [-0.39, 0.29) is 6.61 Å². The number of unbranched alkanes of at least 4 members (excludes halogenated alkanes) is 1. The molecule has 1 aliphatic heterocycles. The quantitative estimate of drug-likeness (QED) is 0.493. The van der Waals surface area contributed by atoms with Crippen LogP contribution in [0.3, 0.4) is 0 Å². The first kappa shape index (κ1) is 22.4. The second-order valence-electron chi connectivity index (χ2n) is 8.16. The average molecular weight is 458 g/mol. The van der Waals surface area contributed by atoms with Gasteiger partial charge in [0.25, 0.3) is 6.01 Å². The molecule has 0 spiro atoms. The van der Waals surface area contributed by atoms with Crippen molar-refractivity contribution in [1.82, 2.24) is 9.88 Å². The minimum absolute atomic E-state index is 0.304. The molecule has 0 bridgehead atoms. The van der Waals surface area contributed by atoms with Gasteiger partial charge in [0.2, 0.25) is 0 Å². The molecule has 0 amide bonds. The van der Waals surface area contributed by atoms with Gasteiger partial charge in [-0.25, -0.2) is 4.79 Å². The number of hydrogen-bond acceptors (Lipinski definition) is 6. The van der Waals surface area contributed by atoms with Crippen molar-refractivity contribution in [2.24, 2.45) is 0 Å². The predicted molar refractivity (Wildman–Crippen MR) is 125 cm³/mol. The maximum atomic E-state index is 10.8. The summed E-state index contributed by atoms with van der Waals surface area (Å²) < 4.78 is 11.4. The van der Waals surface area contributed by atoms with Gasteiger partial charge < -0.3 is 19.2 Å². The molecule has 1 aromatic heterocycles. The fourth-order valence-electron chi connectivity index (χ4n) is 4.15. The highest BCUT2D eigenvalue weighted by molar-refractivity contribution is 6.31. The number of anilines is 1. The monoisotopic (exact) mass is 457 g/mol. The molecular weight excluding hydrogens is 430 g/mol. The van der Waals surface area contributed by atoms with Gasteiger partial charge in [0, 0.05) is 43.3 Å². The van der Waals surface area contributed by atoms with Crippen LogP contribution in [-0.2, 0) is 11.3 Å². The first-order chi connectivity index (χ1) is 15.5. The molecule has 1 atom stereocenters. The highest BCUT2D eigenvalue weighted by atomic mass is 35.5. The molecule has 32 heavy (non-hydrogen) atoms. The van der Waals surface area contributed by atoms with Gasteiger partial charge in [-0.1, -0.05) is 43.5 Å². The van der Waals surface area contributed by atoms with E-state index in [9.17, 15) is 4.79 Å². The molecule has 170 valence electrons. The number of aromatic nitrogens is 1. The van der Waals surface area contributed by atoms with Crippen LogP contribution in [0, 0.1) is 0 Å². The normalized spacial score (nSPS) is 17.1. The second-order valence-corrected chi connectivity index (χ2v) is 8.60. The predicted octanol–water partition coefficient (Wildman–Crippen LogP) is 4.83. The summed E-state index contributed by atoms with van der Waals surface area (Å²) >= 11 is 6.11. The largest absolute Gasteiger partial charge is 0.482 e. The zero-order chi connectivity index (χ0) is 22.5. The topological polar surface area (TPSA) is 79.0 Å². The smallest absolute Gasteiger partial charge is 0.341 e. The summed E-state index contributed by atoms with van der Waals surface area (Å²) in [4.78, 5) is 20.2. The summed E-state index contributed by atoms with van der Waals surface area (Å²) in [6, 6.07) is 14.1. The van der Waals surface area contributed by atoms with E-state index in [4.69, 9.17) is 30.8 Å². The van der Waals surface area contributed by atoms with Crippen LogP contribution in [0.2, 0.25) is 5.02 Å².